The van der Waals surface area contributed by atoms with Crippen molar-refractivity contribution in [1.82, 2.24) is 0 Å². The third kappa shape index (κ3) is 10.8. The van der Waals surface area contributed by atoms with Gasteiger partial charge in [-0.1, -0.05) is 119 Å². The summed E-state index contributed by atoms with van der Waals surface area (Å²) in [6.07, 6.45) is -6.77. The first-order valence-electron chi connectivity index (χ1n) is 21.8. The molecule has 63 heavy (non-hydrogen) atoms. The third-order valence-electron chi connectivity index (χ3n) is 13.1. The zero-order valence-electron chi connectivity index (χ0n) is 36.9. The highest BCUT2D eigenvalue weighted by atomic mass is 16.6. The quantitative estimate of drug-likeness (QED) is 0.0874. The lowest BCUT2D eigenvalue weighted by Gasteiger charge is -2.47. The number of ether oxygens (including phenoxy) is 3. The van der Waals surface area contributed by atoms with Crippen LogP contribution in [-0.2, 0) is 20.8 Å². The number of benzene rings is 5. The van der Waals surface area contributed by atoms with Crippen LogP contribution in [0.15, 0.2) is 115 Å². The number of aryl methyl sites for hydroxylation is 2. The minimum absolute atomic E-state index is 0.00526. The molecule has 0 spiro atoms. The first-order valence-corrected chi connectivity index (χ1v) is 21.8. The molecule has 4 unspecified atom stereocenters. The van der Waals surface area contributed by atoms with Crippen molar-refractivity contribution in [2.75, 3.05) is 6.61 Å². The van der Waals surface area contributed by atoms with E-state index in [9.17, 15) is 25.5 Å². The van der Waals surface area contributed by atoms with Crippen molar-refractivity contribution in [2.45, 2.75) is 115 Å². The Bertz CT molecular complexity index is 2340. The van der Waals surface area contributed by atoms with Crippen molar-refractivity contribution in [2.24, 2.45) is 11.8 Å². The maximum absolute atomic E-state index is 10.7. The Morgan fingerprint density at radius 3 is 1.63 bits per heavy atom. The number of hydrogen-bond acceptors (Lipinski definition) is 10. The molecule has 10 nitrogen and oxygen atoms in total. The highest BCUT2D eigenvalue weighted by Gasteiger charge is 2.47. The van der Waals surface area contributed by atoms with Crippen molar-refractivity contribution < 1.29 is 39.7 Å². The molecule has 2 heterocycles. The van der Waals surface area contributed by atoms with Crippen molar-refractivity contribution in [3.8, 4) is 34.4 Å². The average Bonchev–Trinajstić information content (AvgIpc) is 3.31. The number of aliphatic hydroxyl groups excluding tert-OH is 5. The van der Waals surface area contributed by atoms with Gasteiger partial charge in [-0.2, -0.15) is 10.5 Å². The van der Waals surface area contributed by atoms with Gasteiger partial charge < -0.3 is 39.7 Å². The average molecular weight is 853 g/mol. The number of rotatable bonds is 11. The largest absolute Gasteiger partial charge is 0.394 e. The summed E-state index contributed by atoms with van der Waals surface area (Å²) in [5.74, 6) is 1.06. The topological polar surface area (TPSA) is 176 Å². The van der Waals surface area contributed by atoms with E-state index in [2.05, 4.69) is 89.2 Å². The molecule has 5 aromatic rings. The van der Waals surface area contributed by atoms with Gasteiger partial charge in [-0.3, -0.25) is 0 Å². The Morgan fingerprint density at radius 2 is 1.14 bits per heavy atom. The number of nitriles is 2. The molecule has 0 radical (unpaired) electrons. The van der Waals surface area contributed by atoms with E-state index in [0.29, 0.717) is 35.1 Å². The SMILES string of the molecule is CCC1O[C@H]([C@H](C)c2ccc(-c3ccc(C#N)cc3)cc2C)C(OCc2ccccc2)[C@@H](C)[C@@H]1C.Cc1cc(-c2ccc(C#N)cc2)ccc1[C@@H](O)[C@H]1OC(CO)[C@@H](O)[C@H](O)C1O. The van der Waals surface area contributed by atoms with Crippen molar-refractivity contribution >= 4 is 0 Å². The highest BCUT2D eigenvalue weighted by molar-refractivity contribution is 5.67. The summed E-state index contributed by atoms with van der Waals surface area (Å²) in [6.45, 7) is 13.2. The fourth-order valence-electron chi connectivity index (χ4n) is 9.00. The minimum atomic E-state index is -1.54. The first-order chi connectivity index (χ1) is 30.3. The second-order valence-electron chi connectivity index (χ2n) is 17.1. The molecule has 5 N–H and O–H groups in total. The van der Waals surface area contributed by atoms with Crippen LogP contribution in [0.4, 0.5) is 0 Å². The molecule has 2 aliphatic heterocycles. The predicted octanol–water partition coefficient (Wildman–Crippen LogP) is 8.08. The lowest BCUT2D eigenvalue weighted by Crippen LogP contribution is -2.59. The van der Waals surface area contributed by atoms with E-state index < -0.39 is 43.2 Å². The minimum Gasteiger partial charge on any atom is -0.394 e. The van der Waals surface area contributed by atoms with E-state index in [1.54, 1.807) is 31.2 Å². The molecule has 0 saturated carbocycles. The van der Waals surface area contributed by atoms with E-state index in [4.69, 9.17) is 24.7 Å². The fraction of sp³-hybridized carbons (Fsp3) is 0.396. The summed E-state index contributed by atoms with van der Waals surface area (Å²) in [7, 11) is 0. The first kappa shape index (κ1) is 47.2. The summed E-state index contributed by atoms with van der Waals surface area (Å²) in [5.41, 5.74) is 10.3. The normalized spacial score (nSPS) is 26.6. The van der Waals surface area contributed by atoms with Crippen LogP contribution in [0.2, 0.25) is 0 Å². The monoisotopic (exact) mass is 852 g/mol. The Hall–Kier alpha value is -5.24. The molecule has 5 aromatic carbocycles. The Labute approximate surface area is 371 Å². The summed E-state index contributed by atoms with van der Waals surface area (Å²) in [6, 6.07) is 41.6. The van der Waals surface area contributed by atoms with Crippen LogP contribution in [-0.4, -0.2) is 81.0 Å². The molecule has 0 amide bonds. The van der Waals surface area contributed by atoms with E-state index in [1.807, 2.05) is 48.5 Å². The molecule has 2 saturated heterocycles. The van der Waals surface area contributed by atoms with Crippen molar-refractivity contribution in [3.63, 3.8) is 0 Å². The van der Waals surface area contributed by atoms with Gasteiger partial charge in [-0.05, 0) is 106 Å². The molecule has 12 atom stereocenters. The van der Waals surface area contributed by atoms with Gasteiger partial charge in [-0.15, -0.1) is 0 Å². The molecule has 10 heteroatoms. The number of nitrogens with zero attached hydrogens (tertiary/aromatic N) is 2. The Balaban J connectivity index is 0.000000215. The van der Waals surface area contributed by atoms with Crippen LogP contribution in [0.1, 0.15) is 85.1 Å². The lowest BCUT2D eigenvalue weighted by atomic mass is 9.75. The van der Waals surface area contributed by atoms with Crippen molar-refractivity contribution in [3.05, 3.63) is 154 Å². The molecule has 0 aromatic heterocycles. The molecular formula is C53H60N2O8. The molecule has 0 aliphatic carbocycles. The zero-order valence-corrected chi connectivity index (χ0v) is 36.9. The van der Waals surface area contributed by atoms with Crippen LogP contribution < -0.4 is 0 Å². The summed E-state index contributed by atoms with van der Waals surface area (Å²) in [5, 5.41) is 68.1. The maximum Gasteiger partial charge on any atom is 0.117 e. The molecular weight excluding hydrogens is 793 g/mol. The Kier molecular flexibility index (Phi) is 16.1. The van der Waals surface area contributed by atoms with Gasteiger partial charge in [-0.25, -0.2) is 0 Å². The maximum atomic E-state index is 10.7. The van der Waals surface area contributed by atoms with Gasteiger partial charge in [0, 0.05) is 5.92 Å². The summed E-state index contributed by atoms with van der Waals surface area (Å²) in [4.78, 5) is 0. The molecule has 7 rings (SSSR count). The van der Waals surface area contributed by atoms with Gasteiger partial charge >= 0.3 is 0 Å². The summed E-state index contributed by atoms with van der Waals surface area (Å²) < 4.78 is 18.8. The van der Waals surface area contributed by atoms with Gasteiger partial charge in [0.2, 0.25) is 0 Å². The standard InChI is InChI=1S/C32H37NO2.C21H23NO6/c1-6-30-22(3)23(4)31(34-20-26-10-8-7-9-11-26)32(35-30)24(5)29-17-16-28(18-21(29)2)27-14-12-25(19-33)13-15-27;1-11-8-14(13-4-2-12(9-22)3-5-13)6-7-15(11)17(24)21-20(27)19(26)18(25)16(10-23)28-21/h7-18,22-24,30-32H,6,20H2,1-5H3;2-8,16-21,23-27H,10H2,1H3/t22-,23-,24+,30?,31?,32+;16?,17-,18-,19+,20?,21-/m01/s1. The third-order valence-corrected chi connectivity index (χ3v) is 13.1. The van der Waals surface area contributed by atoms with Gasteiger partial charge in [0.15, 0.2) is 0 Å². The van der Waals surface area contributed by atoms with Gasteiger partial charge in [0.1, 0.15) is 36.6 Å². The molecule has 2 aliphatic rings. The molecule has 2 fully saturated rings. The number of aliphatic hydroxyl groups is 5. The molecule has 330 valence electrons. The van der Waals surface area contributed by atoms with Crippen molar-refractivity contribution in [1.29, 1.82) is 10.5 Å². The van der Waals surface area contributed by atoms with Crippen LogP contribution >= 0.6 is 0 Å². The van der Waals surface area contributed by atoms with Crippen LogP contribution in [0, 0.1) is 48.3 Å². The van der Waals surface area contributed by atoms with Gasteiger partial charge in [0.05, 0.1) is 54.8 Å². The van der Waals surface area contributed by atoms with E-state index in [1.165, 1.54) is 16.7 Å². The van der Waals surface area contributed by atoms with Crippen LogP contribution in [0.5, 0.6) is 0 Å². The van der Waals surface area contributed by atoms with Gasteiger partial charge in [0.25, 0.3) is 0 Å². The zero-order chi connectivity index (χ0) is 45.4. The lowest BCUT2D eigenvalue weighted by molar-refractivity contribution is -0.250. The van der Waals surface area contributed by atoms with E-state index >= 15 is 0 Å². The van der Waals surface area contributed by atoms with E-state index in [0.717, 1.165) is 34.2 Å². The van der Waals surface area contributed by atoms with E-state index in [-0.39, 0.29) is 24.2 Å². The summed E-state index contributed by atoms with van der Waals surface area (Å²) >= 11 is 0. The second-order valence-corrected chi connectivity index (χ2v) is 17.1. The van der Waals surface area contributed by atoms with Crippen LogP contribution in [0.25, 0.3) is 22.3 Å². The fourth-order valence-corrected chi connectivity index (χ4v) is 9.00. The van der Waals surface area contributed by atoms with Crippen LogP contribution in [0.3, 0.4) is 0 Å². The second kappa shape index (κ2) is 21.4. The predicted molar refractivity (Wildman–Crippen MR) is 242 cm³/mol. The number of hydrogen-bond donors (Lipinski definition) is 5. The highest BCUT2D eigenvalue weighted by Crippen LogP contribution is 2.41. The smallest absolute Gasteiger partial charge is 0.117 e. The Morgan fingerprint density at radius 1 is 0.635 bits per heavy atom. The molecule has 0 bridgehead atoms.